The first kappa shape index (κ1) is 21.3. The van der Waals surface area contributed by atoms with Crippen molar-refractivity contribution in [2.45, 2.75) is 31.3 Å². The van der Waals surface area contributed by atoms with Crippen molar-refractivity contribution in [2.75, 3.05) is 10.0 Å². The summed E-state index contributed by atoms with van der Waals surface area (Å²) in [6.07, 6.45) is 1.32. The van der Waals surface area contributed by atoms with Gasteiger partial charge in [-0.15, -0.1) is 0 Å². The van der Waals surface area contributed by atoms with Crippen LogP contribution in [0.4, 0.5) is 11.5 Å². The molecule has 156 valence electrons. The zero-order valence-electron chi connectivity index (χ0n) is 16.7. The molecule has 1 heterocycles. The average Bonchev–Trinajstić information content (AvgIpc) is 2.74. The number of hydrogen-bond donors (Lipinski definition) is 2. The van der Waals surface area contributed by atoms with Gasteiger partial charge in [-0.25, -0.2) is 13.4 Å². The van der Waals surface area contributed by atoms with Gasteiger partial charge in [0.25, 0.3) is 15.9 Å². The molecule has 1 amide bonds. The van der Waals surface area contributed by atoms with Crippen LogP contribution in [0.15, 0.2) is 77.8 Å². The number of pyridine rings is 1. The molecule has 0 saturated heterocycles. The number of para-hydroxylation sites is 1. The van der Waals surface area contributed by atoms with Crippen molar-refractivity contribution in [3.63, 3.8) is 0 Å². The highest BCUT2D eigenvalue weighted by Crippen LogP contribution is 2.21. The van der Waals surface area contributed by atoms with Crippen LogP contribution >= 0.6 is 0 Å². The van der Waals surface area contributed by atoms with Crippen LogP contribution in [0.25, 0.3) is 0 Å². The molecule has 8 heteroatoms. The minimum absolute atomic E-state index is 0.0642. The summed E-state index contributed by atoms with van der Waals surface area (Å²) in [6.45, 7) is 3.78. The van der Waals surface area contributed by atoms with E-state index in [-0.39, 0.29) is 16.6 Å². The van der Waals surface area contributed by atoms with Crippen molar-refractivity contribution in [3.8, 4) is 5.75 Å². The summed E-state index contributed by atoms with van der Waals surface area (Å²) in [7, 11) is -3.77. The molecule has 7 nitrogen and oxygen atoms in total. The highest BCUT2D eigenvalue weighted by Gasteiger charge is 2.20. The van der Waals surface area contributed by atoms with Gasteiger partial charge in [-0.3, -0.25) is 9.52 Å². The molecule has 2 N–H and O–H groups in total. The fourth-order valence-corrected chi connectivity index (χ4v) is 3.73. The quantitative estimate of drug-likeness (QED) is 0.569. The van der Waals surface area contributed by atoms with Crippen molar-refractivity contribution in [1.82, 2.24) is 4.98 Å². The van der Waals surface area contributed by atoms with Crippen LogP contribution < -0.4 is 14.8 Å². The number of rotatable bonds is 8. The Morgan fingerprint density at radius 3 is 2.37 bits per heavy atom. The molecule has 30 heavy (non-hydrogen) atoms. The van der Waals surface area contributed by atoms with Gasteiger partial charge in [-0.05, 0) is 61.4 Å². The van der Waals surface area contributed by atoms with E-state index in [1.165, 1.54) is 30.5 Å². The summed E-state index contributed by atoms with van der Waals surface area (Å²) in [4.78, 5) is 16.6. The normalized spacial score (nSPS) is 12.1. The SMILES string of the molecule is CCC(Oc1ccccc1C)C(=O)Nc1ccc(S(=O)(=O)Nc2ccccn2)cc1. The summed E-state index contributed by atoms with van der Waals surface area (Å²) < 4.78 is 33.2. The molecule has 0 saturated carbocycles. The van der Waals surface area contributed by atoms with Crippen molar-refractivity contribution in [2.24, 2.45) is 0 Å². The standard InChI is InChI=1S/C22H23N3O4S/c1-3-19(29-20-9-5-4-8-16(20)2)22(26)24-17-11-13-18(14-12-17)30(27,28)25-21-10-6-7-15-23-21/h4-15,19H,3H2,1-2H3,(H,23,25)(H,24,26). The Kier molecular flexibility index (Phi) is 6.68. The summed E-state index contributed by atoms with van der Waals surface area (Å²) in [5.41, 5.74) is 1.42. The van der Waals surface area contributed by atoms with Gasteiger partial charge in [0.1, 0.15) is 11.6 Å². The number of aromatic nitrogens is 1. The highest BCUT2D eigenvalue weighted by molar-refractivity contribution is 7.92. The lowest BCUT2D eigenvalue weighted by molar-refractivity contribution is -0.122. The molecule has 0 aliphatic rings. The van der Waals surface area contributed by atoms with Crippen LogP contribution in [0, 0.1) is 6.92 Å². The van der Waals surface area contributed by atoms with Crippen LogP contribution in [-0.4, -0.2) is 25.4 Å². The molecule has 1 atom stereocenters. The van der Waals surface area contributed by atoms with Gasteiger partial charge in [0, 0.05) is 11.9 Å². The predicted molar refractivity (Wildman–Crippen MR) is 116 cm³/mol. The Morgan fingerprint density at radius 1 is 1.03 bits per heavy atom. The fraction of sp³-hybridized carbons (Fsp3) is 0.182. The van der Waals surface area contributed by atoms with E-state index < -0.39 is 16.1 Å². The van der Waals surface area contributed by atoms with E-state index in [1.54, 1.807) is 18.2 Å². The minimum atomic E-state index is -3.77. The summed E-state index contributed by atoms with van der Waals surface area (Å²) >= 11 is 0. The van der Waals surface area contributed by atoms with Gasteiger partial charge in [0.2, 0.25) is 0 Å². The maximum absolute atomic E-state index is 12.6. The lowest BCUT2D eigenvalue weighted by Crippen LogP contribution is -2.32. The van der Waals surface area contributed by atoms with Crippen LogP contribution in [0.2, 0.25) is 0 Å². The Bertz CT molecular complexity index is 1100. The number of anilines is 2. The van der Waals surface area contributed by atoms with Gasteiger partial charge in [0.05, 0.1) is 4.90 Å². The third-order valence-corrected chi connectivity index (χ3v) is 5.73. The molecule has 0 aliphatic heterocycles. The molecule has 3 aromatic rings. The average molecular weight is 426 g/mol. The van der Waals surface area contributed by atoms with Crippen LogP contribution in [0.1, 0.15) is 18.9 Å². The first-order valence-electron chi connectivity index (χ1n) is 9.46. The second kappa shape index (κ2) is 9.41. The monoisotopic (exact) mass is 425 g/mol. The van der Waals surface area contributed by atoms with Gasteiger partial charge >= 0.3 is 0 Å². The molecular formula is C22H23N3O4S. The van der Waals surface area contributed by atoms with Crippen molar-refractivity contribution >= 4 is 27.4 Å². The second-order valence-electron chi connectivity index (χ2n) is 6.61. The van der Waals surface area contributed by atoms with Gasteiger partial charge in [-0.2, -0.15) is 0 Å². The molecule has 3 rings (SSSR count). The number of amides is 1. The Morgan fingerprint density at radius 2 is 1.73 bits per heavy atom. The first-order chi connectivity index (χ1) is 14.4. The highest BCUT2D eigenvalue weighted by atomic mass is 32.2. The zero-order valence-corrected chi connectivity index (χ0v) is 17.5. The number of nitrogens with one attached hydrogen (secondary N) is 2. The number of carbonyl (C=O) groups is 1. The fourth-order valence-electron chi connectivity index (χ4n) is 2.72. The lowest BCUT2D eigenvalue weighted by atomic mass is 10.2. The smallest absolute Gasteiger partial charge is 0.265 e. The Labute approximate surface area is 176 Å². The van der Waals surface area contributed by atoms with Crippen molar-refractivity contribution in [1.29, 1.82) is 0 Å². The van der Waals surface area contributed by atoms with Gasteiger partial charge < -0.3 is 10.1 Å². The number of ether oxygens (including phenoxy) is 1. The van der Waals surface area contributed by atoms with Crippen LogP contribution in [0.5, 0.6) is 5.75 Å². The molecule has 0 fully saturated rings. The number of hydrogen-bond acceptors (Lipinski definition) is 5. The maximum atomic E-state index is 12.6. The largest absolute Gasteiger partial charge is 0.480 e. The van der Waals surface area contributed by atoms with E-state index in [9.17, 15) is 13.2 Å². The molecule has 0 radical (unpaired) electrons. The Hall–Kier alpha value is -3.39. The molecular weight excluding hydrogens is 402 g/mol. The van der Waals surface area contributed by atoms with Crippen LogP contribution in [-0.2, 0) is 14.8 Å². The number of aryl methyl sites for hydroxylation is 1. The van der Waals surface area contributed by atoms with Gasteiger partial charge in [0.15, 0.2) is 6.10 Å². The lowest BCUT2D eigenvalue weighted by Gasteiger charge is -2.18. The van der Waals surface area contributed by atoms with E-state index in [4.69, 9.17) is 4.74 Å². The summed E-state index contributed by atoms with van der Waals surface area (Å²) in [5, 5.41) is 2.77. The number of nitrogens with zero attached hydrogens (tertiary/aromatic N) is 1. The summed E-state index contributed by atoms with van der Waals surface area (Å²) in [5.74, 6) is 0.582. The van der Waals surface area contributed by atoms with E-state index in [2.05, 4.69) is 15.0 Å². The minimum Gasteiger partial charge on any atom is -0.480 e. The van der Waals surface area contributed by atoms with E-state index in [0.29, 0.717) is 17.9 Å². The number of sulfonamides is 1. The summed E-state index contributed by atoms with van der Waals surface area (Å²) in [6, 6.07) is 18.3. The van der Waals surface area contributed by atoms with Crippen molar-refractivity contribution in [3.05, 3.63) is 78.5 Å². The molecule has 0 bridgehead atoms. The van der Waals surface area contributed by atoms with Crippen molar-refractivity contribution < 1.29 is 17.9 Å². The Balaban J connectivity index is 1.67. The molecule has 2 aromatic carbocycles. The predicted octanol–water partition coefficient (Wildman–Crippen LogP) is 3.99. The molecule has 0 aliphatic carbocycles. The van der Waals surface area contributed by atoms with E-state index in [0.717, 1.165) is 5.56 Å². The topological polar surface area (TPSA) is 97.4 Å². The van der Waals surface area contributed by atoms with E-state index >= 15 is 0 Å². The number of carbonyl (C=O) groups excluding carboxylic acids is 1. The third kappa shape index (κ3) is 5.36. The van der Waals surface area contributed by atoms with Crippen LogP contribution in [0.3, 0.4) is 0 Å². The first-order valence-corrected chi connectivity index (χ1v) is 10.9. The third-order valence-electron chi connectivity index (χ3n) is 4.36. The zero-order chi connectivity index (χ0) is 21.6. The van der Waals surface area contributed by atoms with Gasteiger partial charge in [-0.1, -0.05) is 31.2 Å². The molecule has 1 aromatic heterocycles. The second-order valence-corrected chi connectivity index (χ2v) is 8.30. The molecule has 1 unspecified atom stereocenters. The van der Waals surface area contributed by atoms with E-state index in [1.807, 2.05) is 38.1 Å². The number of benzene rings is 2. The molecule has 0 spiro atoms. The maximum Gasteiger partial charge on any atom is 0.265 e.